The molecule has 1 aromatic rings. The van der Waals surface area contributed by atoms with E-state index in [0.717, 1.165) is 25.7 Å². The van der Waals surface area contributed by atoms with Gasteiger partial charge in [-0.2, -0.15) is 0 Å². The van der Waals surface area contributed by atoms with E-state index >= 15 is 0 Å². The Morgan fingerprint density at radius 3 is 2.19 bits per heavy atom. The number of nitrogen functional groups attached to an aromatic ring is 1. The van der Waals surface area contributed by atoms with Gasteiger partial charge in [-0.1, -0.05) is 31.4 Å². The van der Waals surface area contributed by atoms with Crippen LogP contribution in [0.1, 0.15) is 48.0 Å². The van der Waals surface area contributed by atoms with Crippen molar-refractivity contribution in [1.82, 2.24) is 15.3 Å². The van der Waals surface area contributed by atoms with Crippen molar-refractivity contribution in [3.8, 4) is 0 Å². The third-order valence-electron chi connectivity index (χ3n) is 5.11. The fourth-order valence-corrected chi connectivity index (χ4v) is 3.51. The molecule has 1 heterocycles. The van der Waals surface area contributed by atoms with E-state index in [9.17, 15) is 9.59 Å². The summed E-state index contributed by atoms with van der Waals surface area (Å²) in [6, 6.07) is 6.92. The summed E-state index contributed by atoms with van der Waals surface area (Å²) in [6.45, 7) is 1.94. The van der Waals surface area contributed by atoms with Gasteiger partial charge >= 0.3 is 6.09 Å². The highest BCUT2D eigenvalue weighted by Crippen LogP contribution is 2.17. The molecule has 146 valence electrons. The molecule has 0 atom stereocenters. The van der Waals surface area contributed by atoms with Gasteiger partial charge in [0.25, 0.3) is 5.91 Å². The number of hydrogen-bond donors (Lipinski definition) is 3. The van der Waals surface area contributed by atoms with Crippen molar-refractivity contribution in [2.45, 2.75) is 38.1 Å². The quantitative estimate of drug-likeness (QED) is 0.549. The molecule has 0 spiro atoms. The smallest absolute Gasteiger partial charge is 0.384 e. The molecule has 0 bridgehead atoms. The molecule has 1 saturated carbocycles. The maximum Gasteiger partial charge on any atom is 0.426 e. The molecule has 3 rings (SSSR count). The van der Waals surface area contributed by atoms with Crippen LogP contribution in [0.15, 0.2) is 24.3 Å². The van der Waals surface area contributed by atoms with Crippen LogP contribution in [0.5, 0.6) is 0 Å². The van der Waals surface area contributed by atoms with E-state index in [4.69, 9.17) is 16.0 Å². The molecule has 4 N–H and O–H groups in total. The average molecular weight is 373 g/mol. The molecule has 8 nitrogen and oxygen atoms in total. The summed E-state index contributed by atoms with van der Waals surface area (Å²) >= 11 is 0. The molecule has 1 aromatic carbocycles. The molecule has 27 heavy (non-hydrogen) atoms. The number of hydroxylamine groups is 2. The van der Waals surface area contributed by atoms with Crippen LogP contribution in [0, 0.1) is 5.41 Å². The molecular formula is C19H27N5O3. The van der Waals surface area contributed by atoms with Crippen LogP contribution < -0.4 is 11.1 Å². The molecule has 8 heteroatoms. The molecule has 1 aliphatic heterocycles. The highest BCUT2D eigenvalue weighted by Gasteiger charge is 2.25. The first-order chi connectivity index (χ1) is 13.0. The van der Waals surface area contributed by atoms with E-state index in [0.29, 0.717) is 37.3 Å². The highest BCUT2D eigenvalue weighted by atomic mass is 16.7. The zero-order valence-corrected chi connectivity index (χ0v) is 15.4. The van der Waals surface area contributed by atoms with Crippen molar-refractivity contribution in [2.75, 3.05) is 26.2 Å². The van der Waals surface area contributed by atoms with Crippen LogP contribution in [0.2, 0.25) is 0 Å². The lowest BCUT2D eigenvalue weighted by Gasteiger charge is -2.33. The molecular weight excluding hydrogens is 346 g/mol. The van der Waals surface area contributed by atoms with Gasteiger partial charge < -0.3 is 20.8 Å². The summed E-state index contributed by atoms with van der Waals surface area (Å²) in [7, 11) is 0. The lowest BCUT2D eigenvalue weighted by Crippen LogP contribution is -2.50. The Morgan fingerprint density at radius 1 is 1.00 bits per heavy atom. The van der Waals surface area contributed by atoms with Crippen molar-refractivity contribution in [3.63, 3.8) is 0 Å². The Balaban J connectivity index is 1.44. The number of benzene rings is 1. The van der Waals surface area contributed by atoms with E-state index in [1.54, 1.807) is 34.2 Å². The highest BCUT2D eigenvalue weighted by molar-refractivity contribution is 5.98. The number of nitrogens with zero attached hydrogens (tertiary/aromatic N) is 2. The van der Waals surface area contributed by atoms with Gasteiger partial charge in [0.1, 0.15) is 5.84 Å². The standard InChI is InChI=1S/C19H27N5O3/c20-17(21)14-6-8-15(9-7-14)18(25)23-10-12-24(13-11-23)27-19(26)22-16-4-2-1-3-5-16/h6-9,16H,1-5,10-13H2,(H3,20,21)(H,22,26). The third-order valence-corrected chi connectivity index (χ3v) is 5.11. The Morgan fingerprint density at radius 2 is 1.59 bits per heavy atom. The Labute approximate surface area is 159 Å². The number of rotatable bonds is 4. The van der Waals surface area contributed by atoms with Gasteiger partial charge in [0.15, 0.2) is 0 Å². The van der Waals surface area contributed by atoms with Gasteiger partial charge in [0, 0.05) is 30.3 Å². The predicted molar refractivity (Wildman–Crippen MR) is 101 cm³/mol. The minimum absolute atomic E-state index is 0.0220. The lowest BCUT2D eigenvalue weighted by molar-refractivity contribution is -0.119. The number of amides is 2. The largest absolute Gasteiger partial charge is 0.426 e. The van der Waals surface area contributed by atoms with Crippen LogP contribution in [-0.2, 0) is 4.84 Å². The number of nitrogens with one attached hydrogen (secondary N) is 2. The second-order valence-electron chi connectivity index (χ2n) is 7.07. The third kappa shape index (κ3) is 5.19. The molecule has 2 amide bonds. The molecule has 2 aliphatic rings. The van der Waals surface area contributed by atoms with Crippen molar-refractivity contribution >= 4 is 17.8 Å². The number of nitrogens with two attached hydrogens (primary N) is 1. The first-order valence-corrected chi connectivity index (χ1v) is 9.50. The topological polar surface area (TPSA) is 112 Å². The van der Waals surface area contributed by atoms with Crippen molar-refractivity contribution in [3.05, 3.63) is 35.4 Å². The van der Waals surface area contributed by atoms with E-state index in [1.807, 2.05) is 0 Å². The number of amidine groups is 1. The van der Waals surface area contributed by atoms with Gasteiger partial charge in [0.05, 0.1) is 13.1 Å². The van der Waals surface area contributed by atoms with Gasteiger partial charge in [-0.05, 0) is 25.0 Å². The monoisotopic (exact) mass is 373 g/mol. The van der Waals surface area contributed by atoms with Crippen LogP contribution in [0.3, 0.4) is 0 Å². The predicted octanol–water partition coefficient (Wildman–Crippen LogP) is 1.70. The minimum Gasteiger partial charge on any atom is -0.384 e. The maximum absolute atomic E-state index is 12.6. The Kier molecular flexibility index (Phi) is 6.28. The van der Waals surface area contributed by atoms with E-state index in [1.165, 1.54) is 6.42 Å². The fourth-order valence-electron chi connectivity index (χ4n) is 3.51. The fraction of sp³-hybridized carbons (Fsp3) is 0.526. The van der Waals surface area contributed by atoms with Gasteiger partial charge in [-0.15, -0.1) is 5.06 Å². The van der Waals surface area contributed by atoms with Crippen LogP contribution in [0.4, 0.5) is 4.79 Å². The summed E-state index contributed by atoms with van der Waals surface area (Å²) < 4.78 is 0. The summed E-state index contributed by atoms with van der Waals surface area (Å²) in [5, 5.41) is 11.9. The average Bonchev–Trinajstić information content (AvgIpc) is 2.69. The molecule has 0 unspecified atom stereocenters. The number of carbonyl (C=O) groups excluding carboxylic acids is 2. The molecule has 2 fully saturated rings. The first kappa shape index (κ1) is 19.2. The summed E-state index contributed by atoms with van der Waals surface area (Å²) in [4.78, 5) is 31.7. The SMILES string of the molecule is N=C(N)c1ccc(C(=O)N2CCN(OC(=O)NC3CCCCC3)CC2)cc1. The maximum atomic E-state index is 12.6. The van der Waals surface area contributed by atoms with Crippen LogP contribution >= 0.6 is 0 Å². The van der Waals surface area contributed by atoms with Crippen molar-refractivity contribution < 1.29 is 14.4 Å². The molecule has 1 saturated heterocycles. The van der Waals surface area contributed by atoms with E-state index in [-0.39, 0.29) is 17.8 Å². The van der Waals surface area contributed by atoms with Crippen LogP contribution in [0.25, 0.3) is 0 Å². The van der Waals surface area contributed by atoms with E-state index < -0.39 is 6.09 Å². The summed E-state index contributed by atoms with van der Waals surface area (Å²) in [6.07, 6.45) is 5.17. The lowest BCUT2D eigenvalue weighted by atomic mass is 9.96. The minimum atomic E-state index is -0.401. The Hall–Kier alpha value is -2.61. The zero-order chi connectivity index (χ0) is 19.2. The van der Waals surface area contributed by atoms with Crippen molar-refractivity contribution in [1.29, 1.82) is 5.41 Å². The number of carbonyl (C=O) groups is 2. The number of hydrogen-bond acceptors (Lipinski definition) is 5. The summed E-state index contributed by atoms with van der Waals surface area (Å²) in [5.74, 6) is -0.0947. The second-order valence-corrected chi connectivity index (χ2v) is 7.07. The molecule has 0 aromatic heterocycles. The number of piperazine rings is 1. The van der Waals surface area contributed by atoms with E-state index in [2.05, 4.69) is 5.32 Å². The normalized spacial score (nSPS) is 18.7. The Bertz CT molecular complexity index is 677. The zero-order valence-electron chi connectivity index (χ0n) is 15.4. The molecule has 1 aliphatic carbocycles. The van der Waals surface area contributed by atoms with Gasteiger partial charge in [-0.25, -0.2) is 4.79 Å². The second kappa shape index (κ2) is 8.85. The summed E-state index contributed by atoms with van der Waals surface area (Å²) in [5.41, 5.74) is 6.58. The van der Waals surface area contributed by atoms with Gasteiger partial charge in [-0.3, -0.25) is 10.2 Å². The van der Waals surface area contributed by atoms with Crippen LogP contribution in [-0.4, -0.2) is 60.0 Å². The van der Waals surface area contributed by atoms with Crippen molar-refractivity contribution in [2.24, 2.45) is 5.73 Å². The molecule has 0 radical (unpaired) electrons. The van der Waals surface area contributed by atoms with Gasteiger partial charge in [0.2, 0.25) is 0 Å². The first-order valence-electron chi connectivity index (χ1n) is 9.50.